The van der Waals surface area contributed by atoms with Gasteiger partial charge in [0.1, 0.15) is 11.5 Å². The van der Waals surface area contributed by atoms with Gasteiger partial charge in [-0.2, -0.15) is 8.78 Å². The maximum absolute atomic E-state index is 12.4. The van der Waals surface area contributed by atoms with Gasteiger partial charge >= 0.3 is 6.61 Å². The van der Waals surface area contributed by atoms with Gasteiger partial charge in [-0.3, -0.25) is 20.4 Å². The SMILES string of the molecule is CC(C)Oc1ccc(C(=O)NNC(=O)c2ccccc2OC(F)F)cc1. The Morgan fingerprint density at radius 2 is 1.50 bits per heavy atom. The first-order valence-electron chi connectivity index (χ1n) is 7.78. The van der Waals surface area contributed by atoms with Crippen LogP contribution in [0.5, 0.6) is 11.5 Å². The van der Waals surface area contributed by atoms with Crippen LogP contribution in [0.3, 0.4) is 0 Å². The monoisotopic (exact) mass is 364 g/mol. The van der Waals surface area contributed by atoms with Crippen molar-refractivity contribution in [2.45, 2.75) is 26.6 Å². The molecule has 2 aromatic rings. The molecule has 2 amide bonds. The number of carbonyl (C=O) groups is 2. The first-order chi connectivity index (χ1) is 12.4. The molecular weight excluding hydrogens is 346 g/mol. The molecule has 0 aliphatic rings. The molecule has 0 aliphatic carbocycles. The van der Waals surface area contributed by atoms with Crippen LogP contribution in [0.25, 0.3) is 0 Å². The van der Waals surface area contributed by atoms with E-state index < -0.39 is 18.4 Å². The molecule has 2 rings (SSSR count). The maximum Gasteiger partial charge on any atom is 0.387 e. The number of ether oxygens (including phenoxy) is 2. The number of hydrogen-bond acceptors (Lipinski definition) is 4. The average molecular weight is 364 g/mol. The van der Waals surface area contributed by atoms with Crippen molar-refractivity contribution in [1.29, 1.82) is 0 Å². The number of rotatable bonds is 6. The lowest BCUT2D eigenvalue weighted by atomic mass is 10.2. The van der Waals surface area contributed by atoms with Crippen molar-refractivity contribution in [1.82, 2.24) is 10.9 Å². The van der Waals surface area contributed by atoms with E-state index in [0.717, 1.165) is 0 Å². The van der Waals surface area contributed by atoms with Crippen LogP contribution in [0.1, 0.15) is 34.6 Å². The van der Waals surface area contributed by atoms with E-state index >= 15 is 0 Å². The lowest BCUT2D eigenvalue weighted by Crippen LogP contribution is -2.41. The van der Waals surface area contributed by atoms with Crippen molar-refractivity contribution in [3.05, 3.63) is 59.7 Å². The highest BCUT2D eigenvalue weighted by atomic mass is 19.3. The zero-order chi connectivity index (χ0) is 19.1. The third-order valence-corrected chi connectivity index (χ3v) is 3.13. The number of para-hydroxylation sites is 1. The first-order valence-corrected chi connectivity index (χ1v) is 7.78. The highest BCUT2D eigenvalue weighted by molar-refractivity contribution is 6.00. The Morgan fingerprint density at radius 1 is 0.885 bits per heavy atom. The summed E-state index contributed by atoms with van der Waals surface area (Å²) in [6.07, 6.45) is 0.00416. The summed E-state index contributed by atoms with van der Waals surface area (Å²) in [4.78, 5) is 24.1. The lowest BCUT2D eigenvalue weighted by Gasteiger charge is -2.12. The molecule has 8 heteroatoms. The Bertz CT molecular complexity index is 764. The minimum Gasteiger partial charge on any atom is -0.491 e. The molecule has 0 bridgehead atoms. The Labute approximate surface area is 149 Å². The van der Waals surface area contributed by atoms with Crippen molar-refractivity contribution >= 4 is 11.8 Å². The zero-order valence-electron chi connectivity index (χ0n) is 14.2. The predicted octanol–water partition coefficient (Wildman–Crippen LogP) is 3.15. The Morgan fingerprint density at radius 3 is 2.12 bits per heavy atom. The normalized spacial score (nSPS) is 10.5. The molecule has 0 aromatic heterocycles. The van der Waals surface area contributed by atoms with Crippen LogP contribution >= 0.6 is 0 Å². The summed E-state index contributed by atoms with van der Waals surface area (Å²) in [5.41, 5.74) is 4.54. The van der Waals surface area contributed by atoms with Crippen LogP contribution < -0.4 is 20.3 Å². The van der Waals surface area contributed by atoms with Crippen LogP contribution in [0.15, 0.2) is 48.5 Å². The summed E-state index contributed by atoms with van der Waals surface area (Å²) in [6.45, 7) is 0.697. The summed E-state index contributed by atoms with van der Waals surface area (Å²) < 4.78 is 34.5. The second-order valence-corrected chi connectivity index (χ2v) is 5.47. The van der Waals surface area contributed by atoms with Gasteiger partial charge in [-0.15, -0.1) is 0 Å². The number of hydrogen-bond donors (Lipinski definition) is 2. The number of nitrogens with one attached hydrogen (secondary N) is 2. The van der Waals surface area contributed by atoms with Crippen LogP contribution in [0.4, 0.5) is 8.78 Å². The van der Waals surface area contributed by atoms with E-state index in [1.54, 1.807) is 12.1 Å². The lowest BCUT2D eigenvalue weighted by molar-refractivity contribution is -0.0501. The molecule has 0 unspecified atom stereocenters. The molecule has 2 N–H and O–H groups in total. The van der Waals surface area contributed by atoms with Crippen LogP contribution in [0, 0.1) is 0 Å². The van der Waals surface area contributed by atoms with Crippen molar-refractivity contribution in [2.24, 2.45) is 0 Å². The fourth-order valence-electron chi connectivity index (χ4n) is 2.06. The van der Waals surface area contributed by atoms with Gasteiger partial charge in [0.2, 0.25) is 0 Å². The third kappa shape index (κ3) is 5.44. The van der Waals surface area contributed by atoms with E-state index in [2.05, 4.69) is 15.6 Å². The molecule has 2 aromatic carbocycles. The summed E-state index contributed by atoms with van der Waals surface area (Å²) in [5.74, 6) is -1.03. The highest BCUT2D eigenvalue weighted by Gasteiger charge is 2.16. The Kier molecular flexibility index (Phi) is 6.48. The molecular formula is C18H18F2N2O4. The second-order valence-electron chi connectivity index (χ2n) is 5.47. The van der Waals surface area contributed by atoms with Crippen LogP contribution in [-0.4, -0.2) is 24.5 Å². The van der Waals surface area contributed by atoms with Gasteiger partial charge in [-0.1, -0.05) is 12.1 Å². The minimum absolute atomic E-state index is 0.00416. The molecule has 26 heavy (non-hydrogen) atoms. The molecule has 6 nitrogen and oxygen atoms in total. The van der Waals surface area contributed by atoms with Crippen LogP contribution in [-0.2, 0) is 0 Å². The van der Waals surface area contributed by atoms with E-state index in [0.29, 0.717) is 11.3 Å². The van der Waals surface area contributed by atoms with E-state index in [1.807, 2.05) is 13.8 Å². The van der Waals surface area contributed by atoms with Crippen molar-refractivity contribution in [3.63, 3.8) is 0 Å². The predicted molar refractivity (Wildman–Crippen MR) is 90.2 cm³/mol. The average Bonchev–Trinajstić information content (AvgIpc) is 2.59. The van der Waals surface area contributed by atoms with E-state index in [1.165, 1.54) is 36.4 Å². The fraction of sp³-hybridized carbons (Fsp3) is 0.222. The molecule has 0 saturated heterocycles. The summed E-state index contributed by atoms with van der Waals surface area (Å²) in [7, 11) is 0. The molecule has 0 atom stereocenters. The molecule has 0 fully saturated rings. The van der Waals surface area contributed by atoms with E-state index in [-0.39, 0.29) is 17.4 Å². The number of hydrazine groups is 1. The zero-order valence-corrected chi connectivity index (χ0v) is 14.2. The highest BCUT2D eigenvalue weighted by Crippen LogP contribution is 2.20. The van der Waals surface area contributed by atoms with Crippen molar-refractivity contribution < 1.29 is 27.8 Å². The summed E-state index contributed by atoms with van der Waals surface area (Å²) in [5, 5.41) is 0. The van der Waals surface area contributed by atoms with Gasteiger partial charge in [0.25, 0.3) is 11.8 Å². The number of carbonyl (C=O) groups excluding carboxylic acids is 2. The quantitative estimate of drug-likeness (QED) is 0.772. The minimum atomic E-state index is -3.06. The van der Waals surface area contributed by atoms with Gasteiger partial charge < -0.3 is 9.47 Å². The standard InChI is InChI=1S/C18H18F2N2O4/c1-11(2)25-13-9-7-12(8-10-13)16(23)21-22-17(24)14-5-3-4-6-15(14)26-18(19)20/h3-11,18H,1-2H3,(H,21,23)(H,22,24). The van der Waals surface area contributed by atoms with Gasteiger partial charge in [-0.25, -0.2) is 0 Å². The number of alkyl halides is 2. The largest absolute Gasteiger partial charge is 0.491 e. The topological polar surface area (TPSA) is 76.7 Å². The number of amides is 2. The third-order valence-electron chi connectivity index (χ3n) is 3.13. The molecule has 138 valence electrons. The second kappa shape index (κ2) is 8.80. The van der Waals surface area contributed by atoms with E-state index in [9.17, 15) is 18.4 Å². The van der Waals surface area contributed by atoms with Gasteiger partial charge in [0.15, 0.2) is 0 Å². The summed E-state index contributed by atoms with van der Waals surface area (Å²) >= 11 is 0. The van der Waals surface area contributed by atoms with Crippen LogP contribution in [0.2, 0.25) is 0 Å². The maximum atomic E-state index is 12.4. The van der Waals surface area contributed by atoms with Crippen molar-refractivity contribution in [2.75, 3.05) is 0 Å². The fourth-order valence-corrected chi connectivity index (χ4v) is 2.06. The summed E-state index contributed by atoms with van der Waals surface area (Å²) in [6, 6.07) is 11.8. The molecule has 0 spiro atoms. The Balaban J connectivity index is 1.98. The molecule has 0 saturated carbocycles. The molecule has 0 heterocycles. The van der Waals surface area contributed by atoms with Crippen molar-refractivity contribution in [3.8, 4) is 11.5 Å². The first kappa shape index (κ1) is 19.2. The Hall–Kier alpha value is -3.16. The van der Waals surface area contributed by atoms with Gasteiger partial charge in [-0.05, 0) is 50.2 Å². The molecule has 0 radical (unpaired) electrons. The van der Waals surface area contributed by atoms with Gasteiger partial charge in [0, 0.05) is 5.56 Å². The van der Waals surface area contributed by atoms with Gasteiger partial charge in [0.05, 0.1) is 11.7 Å². The molecule has 0 aliphatic heterocycles. The smallest absolute Gasteiger partial charge is 0.387 e. The number of halogens is 2. The van der Waals surface area contributed by atoms with E-state index in [4.69, 9.17) is 4.74 Å². The number of benzene rings is 2.